The number of carbonyl (C=O) groups is 2. The van der Waals surface area contributed by atoms with Crippen molar-refractivity contribution in [2.75, 3.05) is 15.4 Å². The first-order valence-corrected chi connectivity index (χ1v) is 11.7. The number of sulfonamides is 1. The molecule has 0 fully saturated rings. The topological polar surface area (TPSA) is 104 Å². The first-order chi connectivity index (χ1) is 15.6. The van der Waals surface area contributed by atoms with E-state index < -0.39 is 21.7 Å². The summed E-state index contributed by atoms with van der Waals surface area (Å²) >= 11 is 0. The average molecular weight is 470 g/mol. The quantitative estimate of drug-likeness (QED) is 0.438. The summed E-state index contributed by atoms with van der Waals surface area (Å²) in [5.41, 5.74) is 1.44. The van der Waals surface area contributed by atoms with Crippen LogP contribution in [0.25, 0.3) is 0 Å². The van der Waals surface area contributed by atoms with Gasteiger partial charge in [0.1, 0.15) is 5.82 Å². The third kappa shape index (κ3) is 6.88. The molecule has 0 radical (unpaired) electrons. The third-order valence-electron chi connectivity index (χ3n) is 4.52. The van der Waals surface area contributed by atoms with Gasteiger partial charge in [-0.1, -0.05) is 19.9 Å². The van der Waals surface area contributed by atoms with Gasteiger partial charge in [0.15, 0.2) is 0 Å². The van der Waals surface area contributed by atoms with Crippen molar-refractivity contribution >= 4 is 38.9 Å². The number of hydrogen-bond donors (Lipinski definition) is 3. The van der Waals surface area contributed by atoms with Gasteiger partial charge in [-0.25, -0.2) is 12.8 Å². The maximum atomic E-state index is 13.0. The average Bonchev–Trinajstić information content (AvgIpc) is 2.76. The predicted octanol–water partition coefficient (Wildman–Crippen LogP) is 4.86. The van der Waals surface area contributed by atoms with Crippen molar-refractivity contribution < 1.29 is 22.4 Å². The van der Waals surface area contributed by atoms with Crippen LogP contribution in [-0.4, -0.2) is 20.2 Å². The Morgan fingerprint density at radius 2 is 1.42 bits per heavy atom. The molecule has 3 aromatic carbocycles. The number of benzene rings is 3. The standard InChI is InChI=1S/C24H24FN3O4S/c1-16(2)14-23(29)26-19-10-12-20(13-11-19)27-24(30)17-4-3-5-22(15-17)33(31,32)28-21-8-6-18(25)7-9-21/h3-13,15-16,28H,14H2,1-2H3,(H,26,29)(H,27,30). The van der Waals surface area contributed by atoms with Gasteiger partial charge in [-0.2, -0.15) is 0 Å². The lowest BCUT2D eigenvalue weighted by atomic mass is 10.1. The molecule has 2 amide bonds. The van der Waals surface area contributed by atoms with Gasteiger partial charge >= 0.3 is 0 Å². The Labute approximate surface area is 192 Å². The molecule has 7 nitrogen and oxygen atoms in total. The molecule has 0 aliphatic carbocycles. The molecule has 0 spiro atoms. The zero-order valence-electron chi connectivity index (χ0n) is 18.1. The van der Waals surface area contributed by atoms with Crippen molar-refractivity contribution in [2.24, 2.45) is 5.92 Å². The molecule has 0 saturated carbocycles. The minimum absolute atomic E-state index is 0.0888. The highest BCUT2D eigenvalue weighted by molar-refractivity contribution is 7.92. The van der Waals surface area contributed by atoms with E-state index in [0.717, 1.165) is 12.1 Å². The van der Waals surface area contributed by atoms with Crippen molar-refractivity contribution in [3.05, 3.63) is 84.2 Å². The van der Waals surface area contributed by atoms with Gasteiger partial charge in [0, 0.05) is 29.0 Å². The molecule has 0 unspecified atom stereocenters. The molecule has 9 heteroatoms. The fourth-order valence-electron chi connectivity index (χ4n) is 2.96. The Morgan fingerprint density at radius 3 is 2.03 bits per heavy atom. The van der Waals surface area contributed by atoms with Crippen LogP contribution in [0.1, 0.15) is 30.6 Å². The van der Waals surface area contributed by atoms with Crippen LogP contribution >= 0.6 is 0 Å². The number of carbonyl (C=O) groups excluding carboxylic acids is 2. The van der Waals surface area contributed by atoms with Crippen molar-refractivity contribution in [1.29, 1.82) is 0 Å². The molecular weight excluding hydrogens is 445 g/mol. The van der Waals surface area contributed by atoms with Crippen LogP contribution in [0.15, 0.2) is 77.7 Å². The van der Waals surface area contributed by atoms with E-state index >= 15 is 0 Å². The Kier molecular flexibility index (Phi) is 7.44. The maximum absolute atomic E-state index is 13.0. The van der Waals surface area contributed by atoms with Gasteiger partial charge in [0.05, 0.1) is 4.90 Å². The monoisotopic (exact) mass is 469 g/mol. The highest BCUT2D eigenvalue weighted by Gasteiger charge is 2.17. The van der Waals surface area contributed by atoms with E-state index in [1.807, 2.05) is 13.8 Å². The molecule has 3 aromatic rings. The summed E-state index contributed by atoms with van der Waals surface area (Å²) in [5.74, 6) is -0.823. The fraction of sp³-hybridized carbons (Fsp3) is 0.167. The number of nitrogens with one attached hydrogen (secondary N) is 3. The molecule has 0 aromatic heterocycles. The highest BCUT2D eigenvalue weighted by atomic mass is 32.2. The summed E-state index contributed by atoms with van der Waals surface area (Å²) in [6.07, 6.45) is 0.410. The summed E-state index contributed by atoms with van der Waals surface area (Å²) < 4.78 is 40.7. The number of rotatable bonds is 8. The van der Waals surface area contributed by atoms with Gasteiger partial charge in [-0.05, 0) is 72.6 Å². The lowest BCUT2D eigenvalue weighted by molar-refractivity contribution is -0.116. The van der Waals surface area contributed by atoms with Crippen LogP contribution < -0.4 is 15.4 Å². The number of hydrogen-bond acceptors (Lipinski definition) is 4. The third-order valence-corrected chi connectivity index (χ3v) is 5.90. The van der Waals surface area contributed by atoms with E-state index in [1.54, 1.807) is 24.3 Å². The highest BCUT2D eigenvalue weighted by Crippen LogP contribution is 2.19. The van der Waals surface area contributed by atoms with Crippen LogP contribution in [-0.2, 0) is 14.8 Å². The Bertz CT molecular complexity index is 1240. The Hall–Kier alpha value is -3.72. The maximum Gasteiger partial charge on any atom is 0.261 e. The van der Waals surface area contributed by atoms with Crippen LogP contribution in [0.3, 0.4) is 0 Å². The molecule has 172 valence electrons. The summed E-state index contributed by atoms with van der Waals surface area (Å²) in [7, 11) is -3.97. The Balaban J connectivity index is 1.68. The molecule has 3 rings (SSSR count). The predicted molar refractivity (Wildman–Crippen MR) is 126 cm³/mol. The van der Waals surface area contributed by atoms with Crippen molar-refractivity contribution in [3.8, 4) is 0 Å². The first kappa shape index (κ1) is 23.9. The lowest BCUT2D eigenvalue weighted by Crippen LogP contribution is -2.16. The van der Waals surface area contributed by atoms with Crippen molar-refractivity contribution in [1.82, 2.24) is 0 Å². The lowest BCUT2D eigenvalue weighted by Gasteiger charge is -2.11. The van der Waals surface area contributed by atoms with E-state index in [9.17, 15) is 22.4 Å². The number of anilines is 3. The van der Waals surface area contributed by atoms with Crippen LogP contribution in [0, 0.1) is 11.7 Å². The first-order valence-electron chi connectivity index (χ1n) is 10.2. The van der Waals surface area contributed by atoms with E-state index in [4.69, 9.17) is 0 Å². The SMILES string of the molecule is CC(C)CC(=O)Nc1ccc(NC(=O)c2cccc(S(=O)(=O)Nc3ccc(F)cc3)c2)cc1. The van der Waals surface area contributed by atoms with Gasteiger partial charge in [0.2, 0.25) is 5.91 Å². The van der Waals surface area contributed by atoms with Crippen molar-refractivity contribution in [3.63, 3.8) is 0 Å². The molecule has 0 aliphatic heterocycles. The minimum Gasteiger partial charge on any atom is -0.326 e. The minimum atomic E-state index is -3.97. The van der Waals surface area contributed by atoms with E-state index in [2.05, 4.69) is 15.4 Å². The molecule has 0 saturated heterocycles. The molecule has 0 atom stereocenters. The molecule has 3 N–H and O–H groups in total. The second-order valence-corrected chi connectivity index (χ2v) is 9.50. The zero-order valence-corrected chi connectivity index (χ0v) is 18.9. The molecular formula is C24H24FN3O4S. The Morgan fingerprint density at radius 1 is 0.848 bits per heavy atom. The van der Waals surface area contributed by atoms with E-state index in [-0.39, 0.29) is 28.0 Å². The number of halogens is 1. The smallest absolute Gasteiger partial charge is 0.261 e. The van der Waals surface area contributed by atoms with Gasteiger partial charge < -0.3 is 10.6 Å². The summed E-state index contributed by atoms with van der Waals surface area (Å²) in [6, 6.07) is 17.1. The van der Waals surface area contributed by atoms with Gasteiger partial charge in [0.25, 0.3) is 15.9 Å². The van der Waals surface area contributed by atoms with Crippen molar-refractivity contribution in [2.45, 2.75) is 25.2 Å². The summed E-state index contributed by atoms with van der Waals surface area (Å²) in [6.45, 7) is 3.91. The molecule has 33 heavy (non-hydrogen) atoms. The largest absolute Gasteiger partial charge is 0.326 e. The van der Waals surface area contributed by atoms with E-state index in [0.29, 0.717) is 17.8 Å². The van der Waals surface area contributed by atoms with Crippen LogP contribution in [0.4, 0.5) is 21.5 Å². The van der Waals surface area contributed by atoms with Gasteiger partial charge in [-0.3, -0.25) is 14.3 Å². The summed E-state index contributed by atoms with van der Waals surface area (Å²) in [4.78, 5) is 24.4. The second-order valence-electron chi connectivity index (χ2n) is 7.82. The second kappa shape index (κ2) is 10.3. The van der Waals surface area contributed by atoms with Crippen LogP contribution in [0.5, 0.6) is 0 Å². The summed E-state index contributed by atoms with van der Waals surface area (Å²) in [5, 5.41) is 5.48. The van der Waals surface area contributed by atoms with Crippen LogP contribution in [0.2, 0.25) is 0 Å². The fourth-order valence-corrected chi connectivity index (χ4v) is 4.06. The molecule has 0 bridgehead atoms. The normalized spacial score (nSPS) is 11.2. The zero-order chi connectivity index (χ0) is 24.0. The van der Waals surface area contributed by atoms with E-state index in [1.165, 1.54) is 36.4 Å². The van der Waals surface area contributed by atoms with Gasteiger partial charge in [-0.15, -0.1) is 0 Å². The molecule has 0 heterocycles. The number of amides is 2. The molecule has 0 aliphatic rings.